The molecule has 24 heavy (non-hydrogen) atoms. The molecule has 0 aromatic heterocycles. The van der Waals surface area contributed by atoms with Gasteiger partial charge in [-0.15, -0.1) is 0 Å². The van der Waals surface area contributed by atoms with Crippen LogP contribution >= 0.6 is 0 Å². The molecule has 0 aliphatic heterocycles. The van der Waals surface area contributed by atoms with Gasteiger partial charge in [-0.2, -0.15) is 0 Å². The minimum Gasteiger partial charge on any atom is -0.458 e. The Morgan fingerprint density at radius 3 is 1.83 bits per heavy atom. The van der Waals surface area contributed by atoms with Crippen molar-refractivity contribution in [2.45, 2.75) is 92.6 Å². The summed E-state index contributed by atoms with van der Waals surface area (Å²) in [5, 5.41) is 0. The summed E-state index contributed by atoms with van der Waals surface area (Å²) in [4.78, 5) is 13.4. The van der Waals surface area contributed by atoms with Gasteiger partial charge in [0.2, 0.25) is 0 Å². The fourth-order valence-electron chi connectivity index (χ4n) is 6.22. The Morgan fingerprint density at radius 1 is 1.00 bits per heavy atom. The van der Waals surface area contributed by atoms with E-state index in [9.17, 15) is 4.79 Å². The second-order valence-electron chi connectivity index (χ2n) is 11.2. The average Bonchev–Trinajstić information content (AvgIpc) is 2.42. The summed E-state index contributed by atoms with van der Waals surface area (Å²) in [5.74, 6) is 3.37. The van der Waals surface area contributed by atoms with Crippen molar-refractivity contribution < 1.29 is 9.53 Å². The van der Waals surface area contributed by atoms with Crippen LogP contribution in [0, 0.1) is 40.4 Å². The number of rotatable bonds is 4. The van der Waals surface area contributed by atoms with Gasteiger partial charge < -0.3 is 4.74 Å². The highest BCUT2D eigenvalue weighted by Gasteiger charge is 2.58. The van der Waals surface area contributed by atoms with Gasteiger partial charge in [-0.25, -0.2) is 0 Å². The van der Waals surface area contributed by atoms with Gasteiger partial charge in [-0.05, 0) is 87.4 Å². The molecule has 0 aromatic carbocycles. The van der Waals surface area contributed by atoms with Crippen molar-refractivity contribution in [3.8, 4) is 0 Å². The fraction of sp³-hybridized carbons (Fsp3) is 0.955. The van der Waals surface area contributed by atoms with Crippen LogP contribution in [0.5, 0.6) is 0 Å². The van der Waals surface area contributed by atoms with Gasteiger partial charge in [0.15, 0.2) is 0 Å². The maximum absolute atomic E-state index is 13.4. The molecule has 2 nitrogen and oxygen atoms in total. The van der Waals surface area contributed by atoms with Crippen LogP contribution in [0.1, 0.15) is 87.0 Å². The molecular formula is C22H38O2. The zero-order chi connectivity index (χ0) is 17.9. The van der Waals surface area contributed by atoms with Gasteiger partial charge >= 0.3 is 5.97 Å². The summed E-state index contributed by atoms with van der Waals surface area (Å²) in [6.45, 7) is 15.4. The first-order chi connectivity index (χ1) is 10.9. The molecule has 4 fully saturated rings. The highest BCUT2D eigenvalue weighted by Crippen LogP contribution is 2.60. The minimum atomic E-state index is -0.393. The summed E-state index contributed by atoms with van der Waals surface area (Å²) in [5.41, 5.74) is -0.475. The third-order valence-corrected chi connectivity index (χ3v) is 7.71. The first-order valence-corrected chi connectivity index (χ1v) is 10.2. The molecule has 0 amide bonds. The Hall–Kier alpha value is -0.530. The van der Waals surface area contributed by atoms with Crippen LogP contribution in [0.25, 0.3) is 0 Å². The lowest BCUT2D eigenvalue weighted by Gasteiger charge is -2.59. The van der Waals surface area contributed by atoms with Crippen molar-refractivity contribution in [1.82, 2.24) is 0 Å². The summed E-state index contributed by atoms with van der Waals surface area (Å²) >= 11 is 0. The Kier molecular flexibility index (Phi) is 4.37. The zero-order valence-corrected chi connectivity index (χ0v) is 16.9. The predicted molar refractivity (Wildman–Crippen MR) is 98.6 cm³/mol. The van der Waals surface area contributed by atoms with Crippen LogP contribution in [0.3, 0.4) is 0 Å². The van der Waals surface area contributed by atoms with Crippen molar-refractivity contribution in [3.63, 3.8) is 0 Å². The van der Waals surface area contributed by atoms with Crippen LogP contribution < -0.4 is 0 Å². The van der Waals surface area contributed by atoms with E-state index in [2.05, 4.69) is 48.5 Å². The molecule has 1 atom stereocenters. The summed E-state index contributed by atoms with van der Waals surface area (Å²) in [6.07, 6.45) is 7.46. The molecule has 4 bridgehead atoms. The van der Waals surface area contributed by atoms with Gasteiger partial charge in [0.1, 0.15) is 5.60 Å². The molecule has 4 saturated carbocycles. The maximum atomic E-state index is 13.4. The Balaban J connectivity index is 1.80. The molecule has 0 radical (unpaired) electrons. The second-order valence-corrected chi connectivity index (χ2v) is 11.2. The standard InChI is InChI=1S/C22H38O2/c1-14(2)21(6,13-20(3,4)5)19(23)24-22(7)17-9-15-8-16(11-17)12-18(22)10-15/h14-18H,8-13H2,1-7H3. The summed E-state index contributed by atoms with van der Waals surface area (Å²) in [7, 11) is 0. The number of carbonyl (C=O) groups is 1. The van der Waals surface area contributed by atoms with Crippen molar-refractivity contribution in [2.75, 3.05) is 0 Å². The molecular weight excluding hydrogens is 296 g/mol. The van der Waals surface area contributed by atoms with Crippen molar-refractivity contribution in [1.29, 1.82) is 0 Å². The Labute approximate surface area is 149 Å². The number of carbonyl (C=O) groups excluding carboxylic acids is 1. The second kappa shape index (κ2) is 5.74. The van der Waals surface area contributed by atoms with E-state index in [0.717, 1.165) is 18.3 Å². The van der Waals surface area contributed by atoms with E-state index < -0.39 is 5.41 Å². The molecule has 2 heteroatoms. The van der Waals surface area contributed by atoms with Crippen molar-refractivity contribution in [2.24, 2.45) is 40.4 Å². The molecule has 0 saturated heterocycles. The summed E-state index contributed by atoms with van der Waals surface area (Å²) < 4.78 is 6.45. The molecule has 1 unspecified atom stereocenters. The van der Waals surface area contributed by atoms with Crippen LogP contribution in [0.15, 0.2) is 0 Å². The molecule has 0 aromatic rings. The number of hydrogen-bond donors (Lipinski definition) is 0. The first kappa shape index (κ1) is 18.3. The fourth-order valence-corrected chi connectivity index (χ4v) is 6.22. The summed E-state index contributed by atoms with van der Waals surface area (Å²) in [6, 6.07) is 0. The molecule has 4 rings (SSSR count). The first-order valence-electron chi connectivity index (χ1n) is 10.2. The zero-order valence-electron chi connectivity index (χ0n) is 16.9. The lowest BCUT2D eigenvalue weighted by Crippen LogP contribution is -2.59. The van der Waals surface area contributed by atoms with Crippen LogP contribution in [-0.4, -0.2) is 11.6 Å². The third kappa shape index (κ3) is 3.03. The largest absolute Gasteiger partial charge is 0.458 e. The average molecular weight is 335 g/mol. The van der Waals surface area contributed by atoms with Crippen LogP contribution in [0.4, 0.5) is 0 Å². The highest BCUT2D eigenvalue weighted by molar-refractivity contribution is 5.77. The molecule has 4 aliphatic rings. The highest BCUT2D eigenvalue weighted by atomic mass is 16.6. The third-order valence-electron chi connectivity index (χ3n) is 7.71. The number of esters is 1. The lowest BCUT2D eigenvalue weighted by molar-refractivity contribution is -0.215. The maximum Gasteiger partial charge on any atom is 0.312 e. The topological polar surface area (TPSA) is 26.3 Å². The smallest absolute Gasteiger partial charge is 0.312 e. The molecule has 0 spiro atoms. The lowest BCUT2D eigenvalue weighted by atomic mass is 9.50. The van der Waals surface area contributed by atoms with Gasteiger partial charge in [0.05, 0.1) is 5.41 Å². The SMILES string of the molecule is CC(C)C(C)(CC(C)(C)C)C(=O)OC1(C)C2CC3CC(C2)CC1C3. The molecule has 0 heterocycles. The van der Waals surface area contributed by atoms with Gasteiger partial charge in [0, 0.05) is 0 Å². The van der Waals surface area contributed by atoms with Gasteiger partial charge in [-0.3, -0.25) is 4.79 Å². The van der Waals surface area contributed by atoms with E-state index in [0.29, 0.717) is 17.8 Å². The normalized spacial score (nSPS) is 40.7. The van der Waals surface area contributed by atoms with E-state index in [-0.39, 0.29) is 17.0 Å². The molecule has 0 N–H and O–H groups in total. The predicted octanol–water partition coefficient (Wildman–Crippen LogP) is 5.84. The van der Waals surface area contributed by atoms with Gasteiger partial charge in [-0.1, -0.05) is 34.6 Å². The van der Waals surface area contributed by atoms with E-state index in [1.807, 2.05) is 0 Å². The van der Waals surface area contributed by atoms with E-state index in [4.69, 9.17) is 4.74 Å². The molecule has 4 aliphatic carbocycles. The Morgan fingerprint density at radius 2 is 1.46 bits per heavy atom. The monoisotopic (exact) mass is 334 g/mol. The van der Waals surface area contributed by atoms with Gasteiger partial charge in [0.25, 0.3) is 0 Å². The van der Waals surface area contributed by atoms with E-state index in [1.54, 1.807) is 0 Å². The number of hydrogen-bond acceptors (Lipinski definition) is 2. The van der Waals surface area contributed by atoms with Crippen molar-refractivity contribution >= 4 is 5.97 Å². The minimum absolute atomic E-state index is 0.0578. The van der Waals surface area contributed by atoms with E-state index >= 15 is 0 Å². The Bertz CT molecular complexity index is 471. The van der Waals surface area contributed by atoms with Crippen molar-refractivity contribution in [3.05, 3.63) is 0 Å². The van der Waals surface area contributed by atoms with E-state index in [1.165, 1.54) is 32.1 Å². The molecule has 138 valence electrons. The van der Waals surface area contributed by atoms with Crippen LogP contribution in [0.2, 0.25) is 0 Å². The quantitative estimate of drug-likeness (QED) is 0.603. The number of ether oxygens (including phenoxy) is 1. The van der Waals surface area contributed by atoms with Crippen LogP contribution in [-0.2, 0) is 9.53 Å².